The Morgan fingerprint density at radius 1 is 1.27 bits per heavy atom. The zero-order valence-electron chi connectivity index (χ0n) is 9.39. The summed E-state index contributed by atoms with van der Waals surface area (Å²) in [6, 6.07) is 0. The Hall–Kier alpha value is -0.670. The third kappa shape index (κ3) is 5.70. The molecule has 0 radical (unpaired) electrons. The number of ketones is 1. The first kappa shape index (κ1) is 14.3. The molecule has 1 N–H and O–H groups in total. The Labute approximate surface area is 89.9 Å². The highest BCUT2D eigenvalue weighted by Crippen LogP contribution is 2.35. The third-order valence-corrected chi connectivity index (χ3v) is 3.10. The zero-order chi connectivity index (χ0) is 12.1. The molecule has 0 bridgehead atoms. The molecule has 0 aliphatic carbocycles. The van der Waals surface area contributed by atoms with Gasteiger partial charge in [0.2, 0.25) is 5.78 Å². The zero-order valence-corrected chi connectivity index (χ0v) is 10.3. The predicted molar refractivity (Wildman–Crippen MR) is 58.2 cm³/mol. The Bertz CT molecular complexity index is 280. The average Bonchev–Trinajstić information content (AvgIpc) is 2.14. The van der Waals surface area contributed by atoms with Gasteiger partial charge in [0.1, 0.15) is 0 Å². The van der Waals surface area contributed by atoms with E-state index in [1.165, 1.54) is 11.6 Å². The minimum atomic E-state index is -3.20. The summed E-state index contributed by atoms with van der Waals surface area (Å²) in [6.45, 7) is 5.70. The van der Waals surface area contributed by atoms with Crippen molar-refractivity contribution in [2.24, 2.45) is 0 Å². The van der Waals surface area contributed by atoms with Gasteiger partial charge in [0.25, 0.3) is 5.91 Å². The molecule has 0 spiro atoms. The minimum Gasteiger partial charge on any atom is -0.344 e. The van der Waals surface area contributed by atoms with Crippen molar-refractivity contribution in [1.82, 2.24) is 4.90 Å². The van der Waals surface area contributed by atoms with E-state index in [1.54, 1.807) is 13.8 Å². The molecule has 88 valence electrons. The van der Waals surface area contributed by atoms with Crippen LogP contribution in [-0.2, 0) is 14.2 Å². The van der Waals surface area contributed by atoms with Crippen LogP contribution in [0, 0.1) is 0 Å². The van der Waals surface area contributed by atoms with Crippen LogP contribution in [0.2, 0.25) is 0 Å². The Morgan fingerprint density at radius 3 is 2.07 bits per heavy atom. The molecular formula is C9H18NO4P. The first-order chi connectivity index (χ1) is 6.81. The number of carbonyl (C=O) groups excluding carboxylic acids is 2. The monoisotopic (exact) mass is 235 g/mol. The lowest BCUT2D eigenvalue weighted by molar-refractivity contribution is -0.144. The molecular weight excluding hydrogens is 217 g/mol. The van der Waals surface area contributed by atoms with Gasteiger partial charge in [-0.2, -0.15) is 0 Å². The van der Waals surface area contributed by atoms with Crippen molar-refractivity contribution in [2.45, 2.75) is 20.3 Å². The molecule has 1 amide bonds. The predicted octanol–water partition coefficient (Wildman–Crippen LogP) is 0.714. The first-order valence-corrected chi connectivity index (χ1v) is 7.22. The van der Waals surface area contributed by atoms with Crippen LogP contribution in [0.25, 0.3) is 0 Å². The summed E-state index contributed by atoms with van der Waals surface area (Å²) in [7, 11) is -3.20. The third-order valence-electron chi connectivity index (χ3n) is 2.04. The first-order valence-electron chi connectivity index (χ1n) is 4.93. The molecule has 1 atom stereocenters. The molecule has 0 aromatic rings. The van der Waals surface area contributed by atoms with Crippen LogP contribution >= 0.6 is 7.37 Å². The molecule has 0 saturated heterocycles. The van der Waals surface area contributed by atoms with Crippen molar-refractivity contribution in [3.8, 4) is 0 Å². The summed E-state index contributed by atoms with van der Waals surface area (Å²) in [5, 5.41) is 0. The maximum absolute atomic E-state index is 11.4. The normalized spacial score (nSPS) is 14.4. The van der Waals surface area contributed by atoms with Crippen LogP contribution in [0.15, 0.2) is 0 Å². The van der Waals surface area contributed by atoms with Crippen molar-refractivity contribution in [1.29, 1.82) is 0 Å². The van der Waals surface area contributed by atoms with Gasteiger partial charge in [-0.25, -0.2) is 0 Å². The van der Waals surface area contributed by atoms with Gasteiger partial charge in [-0.1, -0.05) is 0 Å². The van der Waals surface area contributed by atoms with E-state index < -0.39 is 19.1 Å². The standard InChI is InChI=1S/C9H18NO4P/c1-4-10(5-2)9(12)8(11)6-7-15(3,13)14/h4-7H2,1-3H3,(H,13,14). The van der Waals surface area contributed by atoms with E-state index >= 15 is 0 Å². The van der Waals surface area contributed by atoms with Crippen molar-refractivity contribution in [3.05, 3.63) is 0 Å². The highest BCUT2D eigenvalue weighted by Gasteiger charge is 2.21. The molecule has 0 aromatic carbocycles. The van der Waals surface area contributed by atoms with Crippen molar-refractivity contribution in [2.75, 3.05) is 25.9 Å². The number of likely N-dealkylation sites (N-methyl/N-ethyl adjacent to an activating group) is 1. The van der Waals surface area contributed by atoms with Gasteiger partial charge in [0, 0.05) is 32.3 Å². The summed E-state index contributed by atoms with van der Waals surface area (Å²) in [5.41, 5.74) is 0. The maximum atomic E-state index is 11.4. The van der Waals surface area contributed by atoms with Crippen LogP contribution in [-0.4, -0.2) is 47.4 Å². The Kier molecular flexibility index (Phi) is 5.76. The van der Waals surface area contributed by atoms with Gasteiger partial charge in [0.05, 0.1) is 0 Å². The fraction of sp³-hybridized carbons (Fsp3) is 0.778. The number of Topliss-reactive ketones (excluding diaryl/α,β-unsaturated/α-hetero) is 1. The van der Waals surface area contributed by atoms with Crippen molar-refractivity contribution in [3.63, 3.8) is 0 Å². The lowest BCUT2D eigenvalue weighted by Gasteiger charge is -2.17. The Morgan fingerprint density at radius 2 is 1.73 bits per heavy atom. The van der Waals surface area contributed by atoms with Crippen molar-refractivity contribution < 1.29 is 19.0 Å². The second-order valence-electron chi connectivity index (χ2n) is 3.43. The molecule has 0 aliphatic rings. The molecule has 0 aromatic heterocycles. The summed E-state index contributed by atoms with van der Waals surface area (Å²) in [5.74, 6) is -1.15. The van der Waals surface area contributed by atoms with E-state index in [4.69, 9.17) is 4.89 Å². The molecule has 6 heteroatoms. The van der Waals surface area contributed by atoms with E-state index in [1.807, 2.05) is 0 Å². The number of hydrogen-bond acceptors (Lipinski definition) is 3. The fourth-order valence-electron chi connectivity index (χ4n) is 1.10. The molecule has 0 rings (SSSR count). The number of carbonyl (C=O) groups is 2. The summed E-state index contributed by atoms with van der Waals surface area (Å²) < 4.78 is 10.9. The summed E-state index contributed by atoms with van der Waals surface area (Å²) in [6.07, 6.45) is -0.279. The van der Waals surface area contributed by atoms with E-state index in [-0.39, 0.29) is 12.6 Å². The topological polar surface area (TPSA) is 74.7 Å². The van der Waals surface area contributed by atoms with Gasteiger partial charge < -0.3 is 9.79 Å². The SMILES string of the molecule is CCN(CC)C(=O)C(=O)CCP(C)(=O)O. The molecule has 0 saturated carbocycles. The van der Waals surface area contributed by atoms with Gasteiger partial charge in [0.15, 0.2) is 7.37 Å². The Balaban J connectivity index is 4.22. The van der Waals surface area contributed by atoms with Crippen LogP contribution < -0.4 is 0 Å². The quantitative estimate of drug-likeness (QED) is 0.543. The summed E-state index contributed by atoms with van der Waals surface area (Å²) >= 11 is 0. The molecule has 5 nitrogen and oxygen atoms in total. The highest BCUT2D eigenvalue weighted by atomic mass is 31.2. The molecule has 0 heterocycles. The number of nitrogens with zero attached hydrogens (tertiary/aromatic N) is 1. The second kappa shape index (κ2) is 6.03. The maximum Gasteiger partial charge on any atom is 0.289 e. The smallest absolute Gasteiger partial charge is 0.289 e. The average molecular weight is 235 g/mol. The largest absolute Gasteiger partial charge is 0.344 e. The van der Waals surface area contributed by atoms with Crippen LogP contribution in [0.5, 0.6) is 0 Å². The number of rotatable bonds is 6. The second-order valence-corrected chi connectivity index (χ2v) is 5.97. The van der Waals surface area contributed by atoms with E-state index in [0.29, 0.717) is 13.1 Å². The van der Waals surface area contributed by atoms with Crippen LogP contribution in [0.4, 0.5) is 0 Å². The highest BCUT2D eigenvalue weighted by molar-refractivity contribution is 7.57. The number of amides is 1. The van der Waals surface area contributed by atoms with Gasteiger partial charge >= 0.3 is 0 Å². The minimum absolute atomic E-state index is 0.126. The van der Waals surface area contributed by atoms with Gasteiger partial charge in [-0.15, -0.1) is 0 Å². The lowest BCUT2D eigenvalue weighted by atomic mass is 10.2. The van der Waals surface area contributed by atoms with Gasteiger partial charge in [-0.05, 0) is 13.8 Å². The molecule has 1 unspecified atom stereocenters. The molecule has 15 heavy (non-hydrogen) atoms. The van der Waals surface area contributed by atoms with Crippen molar-refractivity contribution >= 4 is 19.1 Å². The summed E-state index contributed by atoms with van der Waals surface area (Å²) in [4.78, 5) is 33.1. The van der Waals surface area contributed by atoms with E-state index in [9.17, 15) is 14.2 Å². The van der Waals surface area contributed by atoms with Crippen LogP contribution in [0.3, 0.4) is 0 Å². The number of hydrogen-bond donors (Lipinski definition) is 1. The van der Waals surface area contributed by atoms with E-state index in [0.717, 1.165) is 0 Å². The lowest BCUT2D eigenvalue weighted by Crippen LogP contribution is -2.36. The van der Waals surface area contributed by atoms with Gasteiger partial charge in [-0.3, -0.25) is 14.2 Å². The van der Waals surface area contributed by atoms with E-state index in [2.05, 4.69) is 0 Å². The fourth-order valence-corrected chi connectivity index (χ4v) is 1.72. The van der Waals surface area contributed by atoms with Crippen LogP contribution in [0.1, 0.15) is 20.3 Å². The molecule has 0 aliphatic heterocycles. The molecule has 0 fully saturated rings.